The molecular formula is C13H19ClN2S2. The second-order valence-corrected chi connectivity index (χ2v) is 5.88. The van der Waals surface area contributed by atoms with Crippen molar-refractivity contribution < 1.29 is 0 Å². The molecule has 2 nitrogen and oxygen atoms in total. The summed E-state index contributed by atoms with van der Waals surface area (Å²) in [5.41, 5.74) is 7.57. The van der Waals surface area contributed by atoms with Gasteiger partial charge in [0.1, 0.15) is 4.99 Å². The van der Waals surface area contributed by atoms with E-state index in [1.165, 1.54) is 0 Å². The summed E-state index contributed by atoms with van der Waals surface area (Å²) in [5, 5.41) is 0.617. The van der Waals surface area contributed by atoms with Crippen LogP contribution in [0.25, 0.3) is 0 Å². The number of thioether (sulfide) groups is 1. The summed E-state index contributed by atoms with van der Waals surface area (Å²) in [6.07, 6.45) is 3.18. The average molecular weight is 303 g/mol. The van der Waals surface area contributed by atoms with Gasteiger partial charge in [-0.2, -0.15) is 11.8 Å². The lowest BCUT2D eigenvalue weighted by Gasteiger charge is -2.30. The molecule has 0 spiro atoms. The van der Waals surface area contributed by atoms with Crippen LogP contribution >= 0.6 is 35.6 Å². The monoisotopic (exact) mass is 302 g/mol. The first-order valence-electron chi connectivity index (χ1n) is 5.83. The standard InChI is InChI=1S/C13H19ClN2S2/c1-4-9(8-18-3)16(2)11-7-5-6-10(14)12(11)13(15)17/h5-7,9H,4,8H2,1-3H3,(H2,15,17). The zero-order valence-corrected chi connectivity index (χ0v) is 13.3. The molecule has 1 aromatic carbocycles. The highest BCUT2D eigenvalue weighted by Crippen LogP contribution is 2.29. The molecular weight excluding hydrogens is 284 g/mol. The van der Waals surface area contributed by atoms with Crippen molar-refractivity contribution in [2.45, 2.75) is 19.4 Å². The lowest BCUT2D eigenvalue weighted by Crippen LogP contribution is -2.34. The van der Waals surface area contributed by atoms with Crippen molar-refractivity contribution in [1.82, 2.24) is 0 Å². The first-order valence-corrected chi connectivity index (χ1v) is 8.01. The minimum atomic E-state index is 0.349. The van der Waals surface area contributed by atoms with Crippen molar-refractivity contribution in [1.29, 1.82) is 0 Å². The number of halogens is 1. The van der Waals surface area contributed by atoms with Gasteiger partial charge in [-0.25, -0.2) is 0 Å². The number of rotatable bonds is 6. The van der Waals surface area contributed by atoms with Gasteiger partial charge in [0, 0.05) is 24.5 Å². The highest BCUT2D eigenvalue weighted by Gasteiger charge is 2.18. The van der Waals surface area contributed by atoms with Crippen LogP contribution in [0.1, 0.15) is 18.9 Å². The summed E-state index contributed by atoms with van der Waals surface area (Å²) in [5.74, 6) is 1.07. The molecule has 0 radical (unpaired) electrons. The van der Waals surface area contributed by atoms with Crippen molar-refractivity contribution in [3.63, 3.8) is 0 Å². The quantitative estimate of drug-likeness (QED) is 0.814. The second kappa shape index (κ2) is 7.22. The molecule has 0 aliphatic carbocycles. The minimum absolute atomic E-state index is 0.349. The predicted octanol–water partition coefficient (Wildman–Crippen LogP) is 3.55. The van der Waals surface area contributed by atoms with Crippen molar-refractivity contribution in [2.24, 2.45) is 5.73 Å². The SMILES string of the molecule is CCC(CSC)N(C)c1cccc(Cl)c1C(N)=S. The molecule has 5 heteroatoms. The number of hydrogen-bond donors (Lipinski definition) is 1. The van der Waals surface area contributed by atoms with E-state index in [0.717, 1.165) is 23.4 Å². The Morgan fingerprint density at radius 1 is 1.56 bits per heavy atom. The summed E-state index contributed by atoms with van der Waals surface area (Å²) < 4.78 is 0. The van der Waals surface area contributed by atoms with Gasteiger partial charge in [0.15, 0.2) is 0 Å². The number of anilines is 1. The highest BCUT2D eigenvalue weighted by molar-refractivity contribution is 7.98. The molecule has 1 atom stereocenters. The van der Waals surface area contributed by atoms with Crippen LogP contribution in [0, 0.1) is 0 Å². The third kappa shape index (κ3) is 3.53. The van der Waals surface area contributed by atoms with E-state index >= 15 is 0 Å². The van der Waals surface area contributed by atoms with Gasteiger partial charge in [0.05, 0.1) is 10.6 Å². The average Bonchev–Trinajstić information content (AvgIpc) is 2.34. The maximum atomic E-state index is 6.19. The van der Waals surface area contributed by atoms with E-state index in [0.29, 0.717) is 16.1 Å². The Bertz CT molecular complexity index is 423. The third-order valence-electron chi connectivity index (χ3n) is 3.00. The molecule has 0 saturated heterocycles. The van der Waals surface area contributed by atoms with E-state index in [2.05, 4.69) is 25.1 Å². The zero-order valence-electron chi connectivity index (χ0n) is 10.9. The third-order valence-corrected chi connectivity index (χ3v) is 4.23. The van der Waals surface area contributed by atoms with Crippen molar-refractivity contribution in [2.75, 3.05) is 24.0 Å². The maximum Gasteiger partial charge on any atom is 0.107 e. The van der Waals surface area contributed by atoms with Gasteiger partial charge < -0.3 is 10.6 Å². The van der Waals surface area contributed by atoms with Gasteiger partial charge in [-0.1, -0.05) is 36.8 Å². The largest absolute Gasteiger partial charge is 0.389 e. The molecule has 1 aromatic rings. The minimum Gasteiger partial charge on any atom is -0.389 e. The number of thiocarbonyl (C=S) groups is 1. The van der Waals surface area contributed by atoms with Gasteiger partial charge in [0.2, 0.25) is 0 Å². The van der Waals surface area contributed by atoms with Crippen LogP contribution in [-0.2, 0) is 0 Å². The zero-order chi connectivity index (χ0) is 13.7. The summed E-state index contributed by atoms with van der Waals surface area (Å²) in [6.45, 7) is 2.18. The van der Waals surface area contributed by atoms with Crippen LogP contribution in [0.3, 0.4) is 0 Å². The molecule has 0 bridgehead atoms. The van der Waals surface area contributed by atoms with E-state index in [9.17, 15) is 0 Å². The summed E-state index contributed by atoms with van der Waals surface area (Å²) in [4.78, 5) is 2.57. The van der Waals surface area contributed by atoms with Gasteiger partial charge in [0.25, 0.3) is 0 Å². The van der Waals surface area contributed by atoms with Crippen molar-refractivity contribution >= 4 is 46.3 Å². The normalized spacial score (nSPS) is 12.2. The van der Waals surface area contributed by atoms with Crippen LogP contribution < -0.4 is 10.6 Å². The second-order valence-electron chi connectivity index (χ2n) is 4.13. The van der Waals surface area contributed by atoms with Gasteiger partial charge in [-0.05, 0) is 24.8 Å². The molecule has 100 valence electrons. The molecule has 1 rings (SSSR count). The smallest absolute Gasteiger partial charge is 0.107 e. The molecule has 0 fully saturated rings. The highest BCUT2D eigenvalue weighted by atomic mass is 35.5. The van der Waals surface area contributed by atoms with E-state index in [1.54, 1.807) is 0 Å². The topological polar surface area (TPSA) is 29.3 Å². The van der Waals surface area contributed by atoms with E-state index in [1.807, 2.05) is 30.0 Å². The number of benzene rings is 1. The predicted molar refractivity (Wildman–Crippen MR) is 88.2 cm³/mol. The summed E-state index contributed by atoms with van der Waals surface area (Å²) in [7, 11) is 2.07. The van der Waals surface area contributed by atoms with Gasteiger partial charge in [-0.3, -0.25) is 0 Å². The fraction of sp³-hybridized carbons (Fsp3) is 0.462. The van der Waals surface area contributed by atoms with Crippen LogP contribution in [-0.4, -0.2) is 30.1 Å². The number of nitrogens with two attached hydrogens (primary N) is 1. The van der Waals surface area contributed by atoms with Gasteiger partial charge in [-0.15, -0.1) is 0 Å². The van der Waals surface area contributed by atoms with E-state index < -0.39 is 0 Å². The van der Waals surface area contributed by atoms with Gasteiger partial charge >= 0.3 is 0 Å². The molecule has 1 unspecified atom stereocenters. The molecule has 0 saturated carbocycles. The lowest BCUT2D eigenvalue weighted by atomic mass is 10.1. The molecule has 2 N–H and O–H groups in total. The maximum absolute atomic E-state index is 6.19. The fourth-order valence-electron chi connectivity index (χ4n) is 1.94. The Kier molecular flexibility index (Phi) is 6.26. The Hall–Kier alpha value is -0.450. The Morgan fingerprint density at radius 3 is 2.72 bits per heavy atom. The molecule has 0 aliphatic heterocycles. The lowest BCUT2D eigenvalue weighted by molar-refractivity contribution is 0.673. The van der Waals surface area contributed by atoms with Crippen LogP contribution in [0.15, 0.2) is 18.2 Å². The molecule has 18 heavy (non-hydrogen) atoms. The summed E-state index contributed by atoms with van der Waals surface area (Å²) in [6, 6.07) is 6.22. The Labute approximate surface area is 124 Å². The summed E-state index contributed by atoms with van der Waals surface area (Å²) >= 11 is 13.1. The van der Waals surface area contributed by atoms with Crippen molar-refractivity contribution in [3.8, 4) is 0 Å². The van der Waals surface area contributed by atoms with E-state index in [-0.39, 0.29) is 0 Å². The van der Waals surface area contributed by atoms with Crippen LogP contribution in [0.4, 0.5) is 5.69 Å². The molecule has 0 amide bonds. The molecule has 0 heterocycles. The number of hydrogen-bond acceptors (Lipinski definition) is 3. The first kappa shape index (κ1) is 15.6. The number of nitrogens with zero attached hydrogens (tertiary/aromatic N) is 1. The first-order chi connectivity index (χ1) is 8.52. The molecule has 0 aromatic heterocycles. The fourth-order valence-corrected chi connectivity index (χ4v) is 3.33. The Morgan fingerprint density at radius 2 is 2.22 bits per heavy atom. The van der Waals surface area contributed by atoms with Crippen LogP contribution in [0.5, 0.6) is 0 Å². The van der Waals surface area contributed by atoms with Crippen molar-refractivity contribution in [3.05, 3.63) is 28.8 Å². The Balaban J connectivity index is 3.15. The molecule has 0 aliphatic rings. The van der Waals surface area contributed by atoms with E-state index in [4.69, 9.17) is 29.6 Å². The van der Waals surface area contributed by atoms with Crippen LogP contribution in [0.2, 0.25) is 5.02 Å².